The van der Waals surface area contributed by atoms with Gasteiger partial charge in [0.25, 0.3) is 0 Å². The van der Waals surface area contributed by atoms with Crippen LogP contribution in [0.3, 0.4) is 0 Å². The fourth-order valence-corrected chi connectivity index (χ4v) is 6.75. The van der Waals surface area contributed by atoms with E-state index in [9.17, 15) is 31.9 Å². The highest BCUT2D eigenvalue weighted by Gasteiger charge is 2.52. The van der Waals surface area contributed by atoms with Gasteiger partial charge in [0, 0.05) is 22.1 Å². The van der Waals surface area contributed by atoms with Crippen LogP contribution in [0.2, 0.25) is 0 Å². The first-order valence-corrected chi connectivity index (χ1v) is 14.7. The number of alkyl halides is 3. The zero-order valence-corrected chi connectivity index (χ0v) is 24.5. The van der Waals surface area contributed by atoms with Crippen LogP contribution < -0.4 is 10.6 Å². The standard InChI is InChI=1S/C32H28F4N2O5S/c1-3-42-30(40)25-19(23-10-7-15-44-23)16-22-26(28(25)39)24(17-11-13-18(33)14-12-17)27(31(41)43-4-2)29(37)38(22)21-9-6-5-8-20(21)32(34,35)36/h5-15,19,24-25H,3-4,16,37H2,1-2H3/t19-,24-,25+/m0/s1. The molecular weight excluding hydrogens is 600 g/mol. The van der Waals surface area contributed by atoms with E-state index in [1.165, 1.54) is 41.7 Å². The van der Waals surface area contributed by atoms with Crippen LogP contribution in [0.1, 0.15) is 48.1 Å². The number of ketones is 1. The Balaban J connectivity index is 1.86. The van der Waals surface area contributed by atoms with E-state index in [2.05, 4.69) is 0 Å². The van der Waals surface area contributed by atoms with Crippen molar-refractivity contribution in [2.24, 2.45) is 11.7 Å². The average molecular weight is 629 g/mol. The highest BCUT2D eigenvalue weighted by molar-refractivity contribution is 7.10. The van der Waals surface area contributed by atoms with E-state index in [-0.39, 0.29) is 47.9 Å². The number of allylic oxidation sites excluding steroid dienone is 2. The van der Waals surface area contributed by atoms with Crippen LogP contribution >= 0.6 is 11.3 Å². The SMILES string of the molecule is CCOC(=O)C1=C(N)N(c2ccccc2C(F)(F)F)C2=C(C(=O)[C@H](C(=O)OCC)[C@H](c3cccs3)C2)[C@@H]1c1ccc(F)cc1. The number of rotatable bonds is 7. The number of thiophene rings is 1. The van der Waals surface area contributed by atoms with Crippen molar-refractivity contribution in [1.82, 2.24) is 0 Å². The van der Waals surface area contributed by atoms with Gasteiger partial charge in [0.05, 0.1) is 36.0 Å². The summed E-state index contributed by atoms with van der Waals surface area (Å²) < 4.78 is 67.8. The van der Waals surface area contributed by atoms with E-state index in [0.717, 1.165) is 23.1 Å². The van der Waals surface area contributed by atoms with Crippen molar-refractivity contribution >= 4 is 34.7 Å². The molecule has 2 heterocycles. The molecule has 0 saturated heterocycles. The lowest BCUT2D eigenvalue weighted by atomic mass is 9.68. The van der Waals surface area contributed by atoms with Gasteiger partial charge in [-0.1, -0.05) is 30.3 Å². The molecule has 1 aliphatic carbocycles. The first kappa shape index (κ1) is 31.0. The molecule has 12 heteroatoms. The van der Waals surface area contributed by atoms with Gasteiger partial charge in [-0.05, 0) is 61.5 Å². The van der Waals surface area contributed by atoms with Crippen LogP contribution in [-0.4, -0.2) is 30.9 Å². The topological polar surface area (TPSA) is 98.9 Å². The third-order valence-corrected chi connectivity index (χ3v) is 8.64. The maximum Gasteiger partial charge on any atom is 0.418 e. The van der Waals surface area contributed by atoms with E-state index >= 15 is 0 Å². The number of nitrogens with two attached hydrogens (primary N) is 1. The molecule has 1 aliphatic heterocycles. The zero-order valence-electron chi connectivity index (χ0n) is 23.7. The number of halogens is 4. The number of carbonyl (C=O) groups excluding carboxylic acids is 3. The van der Waals surface area contributed by atoms with Gasteiger partial charge in [0.2, 0.25) is 0 Å². The number of hydrogen-bond acceptors (Lipinski definition) is 8. The van der Waals surface area contributed by atoms with Crippen molar-refractivity contribution in [3.8, 4) is 0 Å². The molecule has 1 aromatic heterocycles. The van der Waals surface area contributed by atoms with Gasteiger partial charge < -0.3 is 15.2 Å². The molecule has 2 N–H and O–H groups in total. The first-order chi connectivity index (χ1) is 21.0. The van der Waals surface area contributed by atoms with Gasteiger partial charge in [-0.2, -0.15) is 13.2 Å². The third-order valence-electron chi connectivity index (χ3n) is 7.64. The molecule has 44 heavy (non-hydrogen) atoms. The highest BCUT2D eigenvalue weighted by Crippen LogP contribution is 2.53. The molecule has 230 valence electrons. The van der Waals surface area contributed by atoms with E-state index < -0.39 is 58.7 Å². The van der Waals surface area contributed by atoms with E-state index in [4.69, 9.17) is 15.2 Å². The summed E-state index contributed by atoms with van der Waals surface area (Å²) in [6, 6.07) is 13.1. The Kier molecular flexibility index (Phi) is 8.64. The van der Waals surface area contributed by atoms with Crippen molar-refractivity contribution in [1.29, 1.82) is 0 Å². The lowest BCUT2D eigenvalue weighted by Crippen LogP contribution is -2.46. The largest absolute Gasteiger partial charge is 0.465 e. The molecule has 3 aromatic rings. The van der Waals surface area contributed by atoms with Crippen molar-refractivity contribution < 1.29 is 41.4 Å². The minimum atomic E-state index is -4.82. The van der Waals surface area contributed by atoms with Crippen LogP contribution in [0, 0.1) is 11.7 Å². The Hall–Kier alpha value is -4.45. The first-order valence-electron chi connectivity index (χ1n) is 13.8. The fraction of sp³-hybridized carbons (Fsp3) is 0.281. The molecular formula is C32H28F4N2O5S. The summed E-state index contributed by atoms with van der Waals surface area (Å²) in [6.07, 6.45) is -4.92. The Morgan fingerprint density at radius 2 is 1.68 bits per heavy atom. The van der Waals surface area contributed by atoms with Crippen LogP contribution in [-0.2, 0) is 30.0 Å². The molecule has 0 unspecified atom stereocenters. The van der Waals surface area contributed by atoms with Gasteiger partial charge in [0.15, 0.2) is 5.78 Å². The molecule has 2 aliphatic rings. The normalized spacial score (nSPS) is 20.5. The summed E-state index contributed by atoms with van der Waals surface area (Å²) in [5, 5.41) is 1.76. The van der Waals surface area contributed by atoms with Crippen molar-refractivity contribution in [2.45, 2.75) is 38.3 Å². The highest BCUT2D eigenvalue weighted by atomic mass is 32.1. The number of esters is 2. The van der Waals surface area contributed by atoms with Gasteiger partial charge in [0.1, 0.15) is 17.6 Å². The summed E-state index contributed by atoms with van der Waals surface area (Å²) in [5.41, 5.74) is 5.12. The summed E-state index contributed by atoms with van der Waals surface area (Å²) in [5.74, 6) is -6.91. The maximum atomic E-state index is 14.6. The molecule has 0 spiro atoms. The Morgan fingerprint density at radius 1 is 1.00 bits per heavy atom. The molecule has 0 bridgehead atoms. The molecule has 7 nitrogen and oxygen atoms in total. The number of benzene rings is 2. The number of para-hydroxylation sites is 1. The monoisotopic (exact) mass is 628 g/mol. The average Bonchev–Trinajstić information content (AvgIpc) is 3.52. The van der Waals surface area contributed by atoms with Crippen molar-refractivity contribution in [3.63, 3.8) is 0 Å². The second kappa shape index (κ2) is 12.3. The smallest absolute Gasteiger partial charge is 0.418 e. The summed E-state index contributed by atoms with van der Waals surface area (Å²) in [4.78, 5) is 43.3. The van der Waals surface area contributed by atoms with Crippen molar-refractivity contribution in [3.05, 3.63) is 111 Å². The number of anilines is 1. The Bertz CT molecular complexity index is 1650. The predicted octanol–water partition coefficient (Wildman–Crippen LogP) is 6.43. The van der Waals surface area contributed by atoms with Crippen LogP contribution in [0.4, 0.5) is 23.2 Å². The summed E-state index contributed by atoms with van der Waals surface area (Å²) in [6.45, 7) is 3.02. The Morgan fingerprint density at radius 3 is 2.30 bits per heavy atom. The van der Waals surface area contributed by atoms with E-state index in [1.807, 2.05) is 0 Å². The molecule has 0 radical (unpaired) electrons. The molecule has 2 aromatic carbocycles. The van der Waals surface area contributed by atoms with Crippen LogP contribution in [0.25, 0.3) is 0 Å². The number of hydrogen-bond donors (Lipinski definition) is 1. The zero-order chi connectivity index (χ0) is 31.8. The number of carbonyl (C=O) groups is 3. The number of ether oxygens (including phenoxy) is 2. The fourth-order valence-electron chi connectivity index (χ4n) is 5.88. The number of nitrogens with zero attached hydrogens (tertiary/aromatic N) is 1. The molecule has 5 rings (SSSR count). The lowest BCUT2D eigenvalue weighted by molar-refractivity contribution is -0.152. The summed E-state index contributed by atoms with van der Waals surface area (Å²) >= 11 is 1.29. The van der Waals surface area contributed by atoms with Crippen LogP contribution in [0.15, 0.2) is 88.7 Å². The second-order valence-electron chi connectivity index (χ2n) is 10.1. The van der Waals surface area contributed by atoms with E-state index in [1.54, 1.807) is 31.4 Å². The van der Waals surface area contributed by atoms with Gasteiger partial charge in [-0.25, -0.2) is 9.18 Å². The lowest BCUT2D eigenvalue weighted by Gasteiger charge is -2.44. The third kappa shape index (κ3) is 5.49. The van der Waals surface area contributed by atoms with Crippen LogP contribution in [0.5, 0.6) is 0 Å². The maximum absolute atomic E-state index is 14.6. The second-order valence-corrected chi connectivity index (χ2v) is 11.1. The molecule has 3 atom stereocenters. The minimum absolute atomic E-state index is 0.0148. The van der Waals surface area contributed by atoms with Crippen molar-refractivity contribution in [2.75, 3.05) is 18.1 Å². The Labute approximate surface area is 254 Å². The van der Waals surface area contributed by atoms with Gasteiger partial charge >= 0.3 is 18.1 Å². The number of Topliss-reactive ketones (excluding diaryl/α,β-unsaturated/α-hetero) is 1. The van der Waals surface area contributed by atoms with Gasteiger partial charge in [-0.3, -0.25) is 14.5 Å². The van der Waals surface area contributed by atoms with E-state index in [0.29, 0.717) is 4.88 Å². The molecule has 0 fully saturated rings. The predicted molar refractivity (Wildman–Crippen MR) is 155 cm³/mol. The molecule has 0 saturated carbocycles. The quantitative estimate of drug-likeness (QED) is 0.183. The van der Waals surface area contributed by atoms with Gasteiger partial charge in [-0.15, -0.1) is 11.3 Å². The summed E-state index contributed by atoms with van der Waals surface area (Å²) in [7, 11) is 0. The minimum Gasteiger partial charge on any atom is -0.465 e. The molecule has 0 amide bonds.